The molecule has 27 heavy (non-hydrogen) atoms. The Bertz CT molecular complexity index is 1100. The van der Waals surface area contributed by atoms with Gasteiger partial charge in [-0.05, 0) is 53.0 Å². The largest absolute Gasteiger partial charge is 0.367 e. The van der Waals surface area contributed by atoms with Crippen LogP contribution in [0.25, 0.3) is 11.1 Å². The van der Waals surface area contributed by atoms with E-state index in [-0.39, 0.29) is 22.7 Å². The van der Waals surface area contributed by atoms with Crippen molar-refractivity contribution < 1.29 is 27.2 Å². The maximum Gasteiger partial charge on any atom is 0.323 e. The minimum atomic E-state index is -3.72. The van der Waals surface area contributed by atoms with Gasteiger partial charge in [0.2, 0.25) is 5.96 Å². The van der Waals surface area contributed by atoms with Gasteiger partial charge >= 0.3 is 6.47 Å². The number of carbonyl (C=O) groups excluding carboxylic acids is 2. The Labute approximate surface area is 153 Å². The minimum Gasteiger partial charge on any atom is -0.367 e. The van der Waals surface area contributed by atoms with Crippen LogP contribution in [-0.2, 0) is 25.2 Å². The van der Waals surface area contributed by atoms with Crippen molar-refractivity contribution in [1.29, 1.82) is 0 Å². The van der Waals surface area contributed by atoms with Crippen LogP contribution in [0.5, 0.6) is 0 Å². The Morgan fingerprint density at radius 2 is 2.04 bits per heavy atom. The molecule has 3 rings (SSSR count). The molecule has 1 heterocycles. The maximum absolute atomic E-state index is 13.7. The van der Waals surface area contributed by atoms with E-state index in [0.29, 0.717) is 22.3 Å². The number of benzene rings is 2. The Balaban J connectivity index is 2.10. The number of sulfone groups is 1. The first kappa shape index (κ1) is 18.5. The summed E-state index contributed by atoms with van der Waals surface area (Å²) in [5.74, 6) is -1.99. The molecule has 140 valence electrons. The van der Waals surface area contributed by atoms with Gasteiger partial charge in [0.15, 0.2) is 9.84 Å². The molecular weight excluding hydrogens is 377 g/mol. The highest BCUT2D eigenvalue weighted by atomic mass is 32.2. The summed E-state index contributed by atoms with van der Waals surface area (Å²) >= 11 is 0. The summed E-state index contributed by atoms with van der Waals surface area (Å²) in [6, 6.07) is 6.64. The predicted molar refractivity (Wildman–Crippen MR) is 93.7 cm³/mol. The molecule has 3 N–H and O–H groups in total. The van der Waals surface area contributed by atoms with E-state index < -0.39 is 27.5 Å². The number of nitrogens with one attached hydrogen (secondary N) is 1. The summed E-state index contributed by atoms with van der Waals surface area (Å²) in [6.07, 6.45) is 0. The summed E-state index contributed by atoms with van der Waals surface area (Å²) in [7, 11) is -3.72. The van der Waals surface area contributed by atoms with Crippen LogP contribution in [0, 0.1) is 12.7 Å². The molecule has 8 nitrogen and oxygen atoms in total. The fourth-order valence-electron chi connectivity index (χ4n) is 2.89. The zero-order valence-electron chi connectivity index (χ0n) is 14.0. The van der Waals surface area contributed by atoms with Crippen molar-refractivity contribution in [2.45, 2.75) is 17.6 Å². The average molecular weight is 391 g/mol. The van der Waals surface area contributed by atoms with E-state index >= 15 is 0 Å². The predicted octanol–water partition coefficient (Wildman–Crippen LogP) is 1.22. The van der Waals surface area contributed by atoms with Crippen LogP contribution in [0.4, 0.5) is 4.39 Å². The normalized spacial score (nSPS) is 14.7. The Hall–Kier alpha value is -3.27. The average Bonchev–Trinajstić information content (AvgIpc) is 2.60. The molecule has 0 aromatic heterocycles. The van der Waals surface area contributed by atoms with Crippen LogP contribution in [0.1, 0.15) is 21.5 Å². The van der Waals surface area contributed by atoms with Gasteiger partial charge in [0, 0.05) is 11.1 Å². The number of hydrogen-bond acceptors (Lipinski definition) is 6. The molecule has 0 unspecified atom stereocenters. The number of amides is 1. The Morgan fingerprint density at radius 1 is 1.30 bits per heavy atom. The van der Waals surface area contributed by atoms with Gasteiger partial charge in [-0.15, -0.1) is 0 Å². The van der Waals surface area contributed by atoms with Gasteiger partial charge < -0.3 is 10.6 Å². The lowest BCUT2D eigenvalue weighted by Gasteiger charge is -2.22. The molecule has 1 aliphatic heterocycles. The lowest BCUT2D eigenvalue weighted by atomic mass is 9.95. The molecule has 0 bridgehead atoms. The lowest BCUT2D eigenvalue weighted by Crippen LogP contribution is -2.37. The molecular formula is C17H14FN3O5S. The van der Waals surface area contributed by atoms with Gasteiger partial charge in [-0.2, -0.15) is 0 Å². The smallest absolute Gasteiger partial charge is 0.323 e. The lowest BCUT2D eigenvalue weighted by molar-refractivity contribution is -0.128. The van der Waals surface area contributed by atoms with Gasteiger partial charge in [-0.25, -0.2) is 12.8 Å². The number of guanidine groups is 1. The fourth-order valence-corrected chi connectivity index (χ4v) is 4.51. The molecule has 0 radical (unpaired) electrons. The van der Waals surface area contributed by atoms with E-state index in [1.807, 2.05) is 0 Å². The third-order valence-corrected chi connectivity index (χ3v) is 5.75. The van der Waals surface area contributed by atoms with Crippen molar-refractivity contribution in [1.82, 2.24) is 5.32 Å². The molecule has 0 spiro atoms. The van der Waals surface area contributed by atoms with Crippen LogP contribution < -0.4 is 11.1 Å². The summed E-state index contributed by atoms with van der Waals surface area (Å²) < 4.78 is 38.9. The van der Waals surface area contributed by atoms with E-state index in [1.165, 1.54) is 30.3 Å². The first-order valence-corrected chi connectivity index (χ1v) is 9.28. The van der Waals surface area contributed by atoms with Crippen LogP contribution in [-0.4, -0.2) is 26.8 Å². The molecule has 2 aromatic rings. The number of nitrogens with two attached hydrogens (primary N) is 1. The third kappa shape index (κ3) is 3.51. The number of rotatable bonds is 3. The maximum atomic E-state index is 13.7. The van der Waals surface area contributed by atoms with Gasteiger partial charge in [-0.1, -0.05) is 6.07 Å². The molecule has 10 heteroatoms. The second-order valence-electron chi connectivity index (χ2n) is 5.86. The zero-order valence-corrected chi connectivity index (χ0v) is 14.8. The summed E-state index contributed by atoms with van der Waals surface area (Å²) in [5.41, 5.74) is 7.17. The van der Waals surface area contributed by atoms with E-state index in [2.05, 4.69) is 15.3 Å². The number of carbonyl (C=O) groups is 2. The number of aryl methyl sites for hydroxylation is 1. The summed E-state index contributed by atoms with van der Waals surface area (Å²) in [5, 5.41) is 5.31. The van der Waals surface area contributed by atoms with Gasteiger partial charge in [-0.3, -0.25) is 14.9 Å². The molecule has 0 aliphatic carbocycles. The minimum absolute atomic E-state index is 0.0202. The molecule has 1 aliphatic rings. The molecule has 0 atom stereocenters. The van der Waals surface area contributed by atoms with Crippen LogP contribution in [0.2, 0.25) is 0 Å². The standard InChI is InChI=1S/C17H14FN3O5S/c1-9-4-14-13-5-11(18)3-2-10(13)7-27(24,25)15(14)6-12(9)16(23)20-17(19)21-26-8-22/h2-6,8H,7H2,1H3,(H3,19,20,21,23). The van der Waals surface area contributed by atoms with Gasteiger partial charge in [0.25, 0.3) is 5.91 Å². The van der Waals surface area contributed by atoms with E-state index in [4.69, 9.17) is 5.73 Å². The Morgan fingerprint density at radius 3 is 2.74 bits per heavy atom. The molecule has 0 saturated heterocycles. The second-order valence-corrected chi connectivity index (χ2v) is 7.81. The second kappa shape index (κ2) is 6.80. The highest BCUT2D eigenvalue weighted by molar-refractivity contribution is 7.90. The highest BCUT2D eigenvalue weighted by Crippen LogP contribution is 2.39. The van der Waals surface area contributed by atoms with Crippen LogP contribution >= 0.6 is 0 Å². The van der Waals surface area contributed by atoms with Crippen molar-refractivity contribution in [2.24, 2.45) is 10.9 Å². The van der Waals surface area contributed by atoms with Crippen molar-refractivity contribution in [3.05, 3.63) is 52.8 Å². The highest BCUT2D eigenvalue weighted by Gasteiger charge is 2.30. The number of hydrogen-bond donors (Lipinski definition) is 2. The van der Waals surface area contributed by atoms with Crippen LogP contribution in [0.15, 0.2) is 40.4 Å². The number of nitrogens with zero attached hydrogens (tertiary/aromatic N) is 1. The SMILES string of the molecule is Cc1cc2c(cc1C(=O)NC(N)=NOC=O)S(=O)(=O)Cc1ccc(F)cc1-2. The van der Waals surface area contributed by atoms with Crippen molar-refractivity contribution in [2.75, 3.05) is 0 Å². The quantitative estimate of drug-likeness (QED) is 0.266. The first-order valence-electron chi connectivity index (χ1n) is 7.63. The number of fused-ring (bicyclic) bond motifs is 3. The van der Waals surface area contributed by atoms with E-state index in [0.717, 1.165) is 0 Å². The molecule has 0 saturated carbocycles. The van der Waals surface area contributed by atoms with Gasteiger partial charge in [0.05, 0.1) is 10.6 Å². The van der Waals surface area contributed by atoms with Crippen molar-refractivity contribution >= 4 is 28.2 Å². The summed E-state index contributed by atoms with van der Waals surface area (Å²) in [4.78, 5) is 26.4. The Kier molecular flexibility index (Phi) is 4.66. The van der Waals surface area contributed by atoms with Crippen LogP contribution in [0.3, 0.4) is 0 Å². The number of halogens is 1. The topological polar surface area (TPSA) is 128 Å². The zero-order chi connectivity index (χ0) is 19.8. The van der Waals surface area contributed by atoms with Crippen molar-refractivity contribution in [3.63, 3.8) is 0 Å². The van der Waals surface area contributed by atoms with E-state index in [9.17, 15) is 22.4 Å². The van der Waals surface area contributed by atoms with Crippen molar-refractivity contribution in [3.8, 4) is 11.1 Å². The summed E-state index contributed by atoms with van der Waals surface area (Å²) in [6.45, 7) is 1.62. The fraction of sp³-hybridized carbons (Fsp3) is 0.118. The number of oxime groups is 1. The molecule has 2 aromatic carbocycles. The van der Waals surface area contributed by atoms with Gasteiger partial charge in [0.1, 0.15) is 5.82 Å². The monoisotopic (exact) mass is 391 g/mol. The van der Waals surface area contributed by atoms with E-state index in [1.54, 1.807) is 6.92 Å². The molecule has 0 fully saturated rings. The molecule has 1 amide bonds. The first-order chi connectivity index (χ1) is 12.7. The third-order valence-electron chi connectivity index (χ3n) is 4.05.